The van der Waals surface area contributed by atoms with Crippen molar-refractivity contribution in [3.63, 3.8) is 0 Å². The summed E-state index contributed by atoms with van der Waals surface area (Å²) < 4.78 is 25.1. The molecule has 0 aliphatic carbocycles. The average Bonchev–Trinajstić information content (AvgIpc) is 3.42. The molecule has 1 atom stereocenters. The molecular weight excluding hydrogens is 410 g/mol. The number of hydrogen-bond acceptors (Lipinski definition) is 7. The van der Waals surface area contributed by atoms with E-state index in [-0.39, 0.29) is 29.2 Å². The molecule has 1 unspecified atom stereocenters. The van der Waals surface area contributed by atoms with Crippen molar-refractivity contribution >= 4 is 27.5 Å². The molecule has 0 saturated carbocycles. The van der Waals surface area contributed by atoms with Crippen molar-refractivity contribution in [1.82, 2.24) is 25.0 Å². The molecule has 1 amide bonds. The van der Waals surface area contributed by atoms with E-state index in [0.717, 1.165) is 31.1 Å². The van der Waals surface area contributed by atoms with Gasteiger partial charge in [0.05, 0.1) is 23.8 Å². The fourth-order valence-corrected chi connectivity index (χ4v) is 6.24. The van der Waals surface area contributed by atoms with Gasteiger partial charge in [-0.15, -0.1) is 10.2 Å². The zero-order chi connectivity index (χ0) is 20.3. The Bertz CT molecular complexity index is 955. The van der Waals surface area contributed by atoms with Crippen LogP contribution in [0.1, 0.15) is 25.1 Å². The summed E-state index contributed by atoms with van der Waals surface area (Å²) in [6, 6.07) is 9.62. The predicted octanol–water partition coefficient (Wildman–Crippen LogP) is 1.26. The van der Waals surface area contributed by atoms with Crippen molar-refractivity contribution in [2.45, 2.75) is 37.0 Å². The van der Waals surface area contributed by atoms with Crippen LogP contribution >= 0.6 is 11.8 Å². The lowest BCUT2D eigenvalue weighted by Gasteiger charge is -2.16. The molecule has 10 heteroatoms. The first kappa shape index (κ1) is 20.4. The van der Waals surface area contributed by atoms with E-state index in [2.05, 4.69) is 20.4 Å². The highest BCUT2D eigenvalue weighted by Gasteiger charge is 2.29. The number of sulfone groups is 1. The SMILES string of the molecule is O=C(CSc1nnc(CN2CCCC2)n1-c1ccccc1)NC1CCS(=O)(=O)C1. The van der Waals surface area contributed by atoms with Crippen LogP contribution in [0.2, 0.25) is 0 Å². The fraction of sp³-hybridized carbons (Fsp3) is 0.526. The van der Waals surface area contributed by atoms with E-state index in [4.69, 9.17) is 0 Å². The molecule has 156 valence electrons. The van der Waals surface area contributed by atoms with E-state index in [1.807, 2.05) is 34.9 Å². The highest BCUT2D eigenvalue weighted by Crippen LogP contribution is 2.24. The largest absolute Gasteiger partial charge is 0.352 e. The summed E-state index contributed by atoms with van der Waals surface area (Å²) >= 11 is 1.32. The molecule has 0 spiro atoms. The fourth-order valence-electron chi connectivity index (χ4n) is 3.78. The van der Waals surface area contributed by atoms with Crippen molar-refractivity contribution in [3.05, 3.63) is 36.2 Å². The standard InChI is InChI=1S/C19H25N5O3S2/c25-18(20-15-8-11-29(26,27)14-15)13-28-19-22-21-17(12-23-9-4-5-10-23)24(19)16-6-2-1-3-7-16/h1-3,6-7,15H,4-5,8-14H2,(H,20,25). The molecule has 1 aromatic carbocycles. The Balaban J connectivity index is 1.45. The number of carbonyl (C=O) groups excluding carboxylic acids is 1. The van der Waals surface area contributed by atoms with E-state index in [0.29, 0.717) is 11.6 Å². The summed E-state index contributed by atoms with van der Waals surface area (Å²) in [5.74, 6) is 1.03. The highest BCUT2D eigenvalue weighted by atomic mass is 32.2. The van der Waals surface area contributed by atoms with E-state index >= 15 is 0 Å². The third-order valence-electron chi connectivity index (χ3n) is 5.21. The first-order valence-corrected chi connectivity index (χ1v) is 12.7. The van der Waals surface area contributed by atoms with Crippen molar-refractivity contribution in [3.8, 4) is 5.69 Å². The van der Waals surface area contributed by atoms with Gasteiger partial charge in [-0.05, 0) is 44.5 Å². The molecule has 3 heterocycles. The van der Waals surface area contributed by atoms with E-state index in [1.165, 1.54) is 24.6 Å². The Morgan fingerprint density at radius 1 is 1.17 bits per heavy atom. The Morgan fingerprint density at radius 2 is 1.93 bits per heavy atom. The second-order valence-corrected chi connectivity index (χ2v) is 10.7. The van der Waals surface area contributed by atoms with Gasteiger partial charge < -0.3 is 5.32 Å². The maximum absolute atomic E-state index is 12.3. The maximum Gasteiger partial charge on any atom is 0.230 e. The summed E-state index contributed by atoms with van der Waals surface area (Å²) in [5.41, 5.74) is 0.969. The lowest BCUT2D eigenvalue weighted by molar-refractivity contribution is -0.119. The van der Waals surface area contributed by atoms with Gasteiger partial charge in [0.15, 0.2) is 20.8 Å². The van der Waals surface area contributed by atoms with E-state index in [9.17, 15) is 13.2 Å². The second kappa shape index (κ2) is 8.85. The van der Waals surface area contributed by atoms with Gasteiger partial charge in [-0.2, -0.15) is 0 Å². The molecule has 1 N–H and O–H groups in total. The van der Waals surface area contributed by atoms with Crippen molar-refractivity contribution in [1.29, 1.82) is 0 Å². The van der Waals surface area contributed by atoms with Gasteiger partial charge >= 0.3 is 0 Å². The highest BCUT2D eigenvalue weighted by molar-refractivity contribution is 7.99. The molecule has 2 saturated heterocycles. The molecule has 0 bridgehead atoms. The molecule has 0 radical (unpaired) electrons. The Hall–Kier alpha value is -1.91. The normalized spacial score (nSPS) is 21.4. The molecule has 2 aliphatic heterocycles. The third kappa shape index (κ3) is 5.18. The number of hydrogen-bond donors (Lipinski definition) is 1. The lowest BCUT2D eigenvalue weighted by Crippen LogP contribution is -2.36. The number of rotatable bonds is 7. The first-order chi connectivity index (χ1) is 14.0. The molecular formula is C19H25N5O3S2. The first-order valence-electron chi connectivity index (χ1n) is 9.85. The monoisotopic (exact) mass is 435 g/mol. The Morgan fingerprint density at radius 3 is 2.62 bits per heavy atom. The van der Waals surface area contributed by atoms with Crippen LogP contribution in [0.25, 0.3) is 5.69 Å². The minimum Gasteiger partial charge on any atom is -0.352 e. The van der Waals surface area contributed by atoms with Crippen LogP contribution in [-0.4, -0.2) is 70.4 Å². The number of benzene rings is 1. The second-order valence-electron chi connectivity index (χ2n) is 7.51. The summed E-state index contributed by atoms with van der Waals surface area (Å²) in [6.45, 7) is 2.86. The van der Waals surface area contributed by atoms with Crippen molar-refractivity contribution in [2.24, 2.45) is 0 Å². The molecule has 2 fully saturated rings. The minimum absolute atomic E-state index is 0.0313. The number of nitrogens with one attached hydrogen (secondary N) is 1. The summed E-state index contributed by atoms with van der Waals surface area (Å²) in [6.07, 6.45) is 2.90. The number of thioether (sulfide) groups is 1. The summed E-state index contributed by atoms with van der Waals surface area (Å²) in [5, 5.41) is 12.2. The maximum atomic E-state index is 12.3. The third-order valence-corrected chi connectivity index (χ3v) is 7.91. The van der Waals surface area contributed by atoms with Gasteiger partial charge in [0.25, 0.3) is 0 Å². The van der Waals surface area contributed by atoms with Gasteiger partial charge in [0, 0.05) is 11.7 Å². The number of amides is 1. The number of nitrogens with zero attached hydrogens (tertiary/aromatic N) is 4. The van der Waals surface area contributed by atoms with Crippen LogP contribution in [0, 0.1) is 0 Å². The quantitative estimate of drug-likeness (QED) is 0.654. The van der Waals surface area contributed by atoms with Crippen LogP contribution in [0.5, 0.6) is 0 Å². The molecule has 2 aliphatic rings. The van der Waals surface area contributed by atoms with Gasteiger partial charge in [-0.3, -0.25) is 14.3 Å². The topological polar surface area (TPSA) is 97.2 Å². The average molecular weight is 436 g/mol. The van der Waals surface area contributed by atoms with Crippen molar-refractivity contribution < 1.29 is 13.2 Å². The Kier molecular flexibility index (Phi) is 6.21. The predicted molar refractivity (Wildman–Crippen MR) is 112 cm³/mol. The minimum atomic E-state index is -3.01. The number of likely N-dealkylation sites (tertiary alicyclic amines) is 1. The van der Waals surface area contributed by atoms with E-state index in [1.54, 1.807) is 0 Å². The van der Waals surface area contributed by atoms with Crippen LogP contribution in [-0.2, 0) is 21.2 Å². The zero-order valence-electron chi connectivity index (χ0n) is 16.2. The molecule has 8 nitrogen and oxygen atoms in total. The smallest absolute Gasteiger partial charge is 0.230 e. The van der Waals surface area contributed by atoms with Gasteiger partial charge in [-0.1, -0.05) is 30.0 Å². The van der Waals surface area contributed by atoms with Gasteiger partial charge in [0.1, 0.15) is 0 Å². The van der Waals surface area contributed by atoms with E-state index < -0.39 is 9.84 Å². The molecule has 4 rings (SSSR count). The van der Waals surface area contributed by atoms with Crippen LogP contribution < -0.4 is 5.32 Å². The van der Waals surface area contributed by atoms with Gasteiger partial charge in [-0.25, -0.2) is 8.42 Å². The Labute approximate surface area is 175 Å². The van der Waals surface area contributed by atoms with Crippen LogP contribution in [0.4, 0.5) is 0 Å². The van der Waals surface area contributed by atoms with Gasteiger partial charge in [0.2, 0.25) is 5.91 Å². The zero-order valence-corrected chi connectivity index (χ0v) is 17.8. The number of aromatic nitrogens is 3. The van der Waals surface area contributed by atoms with Crippen LogP contribution in [0.15, 0.2) is 35.5 Å². The number of para-hydroxylation sites is 1. The number of carbonyl (C=O) groups is 1. The summed E-state index contributed by atoms with van der Waals surface area (Å²) in [7, 11) is -3.01. The molecule has 29 heavy (non-hydrogen) atoms. The van der Waals surface area contributed by atoms with Crippen molar-refractivity contribution in [2.75, 3.05) is 30.3 Å². The molecule has 2 aromatic rings. The lowest BCUT2D eigenvalue weighted by atomic mass is 10.3. The summed E-state index contributed by atoms with van der Waals surface area (Å²) in [4.78, 5) is 14.7. The molecule has 1 aromatic heterocycles. The van der Waals surface area contributed by atoms with Crippen LogP contribution in [0.3, 0.4) is 0 Å².